The van der Waals surface area contributed by atoms with E-state index in [1.807, 2.05) is 37.3 Å². The fraction of sp³-hybridized carbons (Fsp3) is 0.115. The van der Waals surface area contributed by atoms with Gasteiger partial charge in [-0.05, 0) is 91.5 Å². The normalized spacial score (nSPS) is 11.0. The molecule has 1 heterocycles. The third-order valence-electron chi connectivity index (χ3n) is 4.96. The minimum absolute atomic E-state index is 0.0350. The summed E-state index contributed by atoms with van der Waals surface area (Å²) in [5.41, 5.74) is -1.17. The molecule has 3 aromatic carbocycles. The standard InChI is InChI=1S/C26H23F3N6O2S/c1-16-15-23(31-17-7-11-21(37-2)12-8-17)35-24(30-16)32-18-3-5-19(6-4-18)33-25(36)34-20-9-13-22(14-10-20)38-26(27,28)29/h3-15H,1-2H3,(H2,33,34,36)(H2,30,31,32,35). The Bertz CT molecular complexity index is 1380. The van der Waals surface area contributed by atoms with Gasteiger partial charge in [0.1, 0.15) is 11.6 Å². The van der Waals surface area contributed by atoms with Crippen LogP contribution in [0.4, 0.5) is 52.5 Å². The molecule has 196 valence electrons. The van der Waals surface area contributed by atoms with Crippen molar-refractivity contribution in [3.8, 4) is 5.75 Å². The van der Waals surface area contributed by atoms with Gasteiger partial charge in [0.2, 0.25) is 5.95 Å². The number of alkyl halides is 3. The van der Waals surface area contributed by atoms with Crippen LogP contribution in [0, 0.1) is 6.92 Å². The molecular weight excluding hydrogens is 517 g/mol. The molecule has 2 amide bonds. The van der Waals surface area contributed by atoms with Gasteiger partial charge in [-0.25, -0.2) is 9.78 Å². The second kappa shape index (κ2) is 11.7. The van der Waals surface area contributed by atoms with Crippen molar-refractivity contribution < 1.29 is 22.7 Å². The van der Waals surface area contributed by atoms with E-state index in [0.717, 1.165) is 17.1 Å². The van der Waals surface area contributed by atoms with Crippen molar-refractivity contribution in [2.24, 2.45) is 0 Å². The van der Waals surface area contributed by atoms with Crippen molar-refractivity contribution in [2.45, 2.75) is 17.3 Å². The van der Waals surface area contributed by atoms with Crippen LogP contribution < -0.4 is 26.0 Å². The van der Waals surface area contributed by atoms with Crippen molar-refractivity contribution >= 4 is 52.3 Å². The number of carbonyl (C=O) groups is 1. The van der Waals surface area contributed by atoms with Gasteiger partial charge in [-0.1, -0.05) is 0 Å². The molecule has 1 aromatic heterocycles. The molecule has 0 saturated heterocycles. The Morgan fingerprint density at radius 1 is 0.789 bits per heavy atom. The molecule has 0 aliphatic rings. The SMILES string of the molecule is COc1ccc(Nc2cc(C)nc(Nc3ccc(NC(=O)Nc4ccc(SC(F)(F)F)cc4)cc3)n2)cc1. The maximum Gasteiger partial charge on any atom is 0.446 e. The van der Waals surface area contributed by atoms with Crippen LogP contribution in [0.15, 0.2) is 83.8 Å². The highest BCUT2D eigenvalue weighted by molar-refractivity contribution is 8.00. The van der Waals surface area contributed by atoms with E-state index in [-0.39, 0.29) is 16.7 Å². The second-order valence-electron chi connectivity index (χ2n) is 7.93. The summed E-state index contributed by atoms with van der Waals surface area (Å²) in [6.45, 7) is 1.86. The molecule has 4 aromatic rings. The molecule has 0 saturated carbocycles. The smallest absolute Gasteiger partial charge is 0.446 e. The number of methoxy groups -OCH3 is 1. The summed E-state index contributed by atoms with van der Waals surface area (Å²) >= 11 is -0.215. The van der Waals surface area contributed by atoms with Gasteiger partial charge < -0.3 is 26.0 Å². The quantitative estimate of drug-likeness (QED) is 0.171. The van der Waals surface area contributed by atoms with Crippen LogP contribution in [0.2, 0.25) is 0 Å². The third-order valence-corrected chi connectivity index (χ3v) is 5.70. The first-order valence-corrected chi connectivity index (χ1v) is 12.0. The zero-order chi connectivity index (χ0) is 27.1. The van der Waals surface area contributed by atoms with Gasteiger partial charge >= 0.3 is 11.5 Å². The van der Waals surface area contributed by atoms with Gasteiger partial charge in [0.25, 0.3) is 0 Å². The van der Waals surface area contributed by atoms with E-state index in [2.05, 4.69) is 31.2 Å². The van der Waals surface area contributed by atoms with E-state index in [4.69, 9.17) is 4.74 Å². The maximum atomic E-state index is 12.4. The molecule has 4 N–H and O–H groups in total. The molecule has 0 radical (unpaired) electrons. The monoisotopic (exact) mass is 540 g/mol. The van der Waals surface area contributed by atoms with Crippen molar-refractivity contribution in [3.63, 3.8) is 0 Å². The molecule has 0 atom stereocenters. The molecule has 0 fully saturated rings. The Morgan fingerprint density at radius 2 is 1.32 bits per heavy atom. The highest BCUT2D eigenvalue weighted by atomic mass is 32.2. The van der Waals surface area contributed by atoms with Crippen LogP contribution in [-0.2, 0) is 0 Å². The number of aromatic nitrogens is 2. The topological polar surface area (TPSA) is 100 Å². The maximum absolute atomic E-state index is 12.4. The molecule has 0 unspecified atom stereocenters. The van der Waals surface area contributed by atoms with Crippen molar-refractivity contribution in [1.82, 2.24) is 9.97 Å². The first-order valence-electron chi connectivity index (χ1n) is 11.2. The number of halogens is 3. The van der Waals surface area contributed by atoms with E-state index < -0.39 is 11.5 Å². The Balaban J connectivity index is 1.33. The predicted molar refractivity (Wildman–Crippen MR) is 144 cm³/mol. The van der Waals surface area contributed by atoms with Gasteiger partial charge in [-0.15, -0.1) is 0 Å². The molecule has 0 aliphatic carbocycles. The Morgan fingerprint density at radius 3 is 1.89 bits per heavy atom. The Hall–Kier alpha value is -4.45. The first kappa shape index (κ1) is 26.6. The third kappa shape index (κ3) is 8.03. The number of carbonyl (C=O) groups excluding carboxylic acids is 1. The summed E-state index contributed by atoms with van der Waals surface area (Å²) in [5.74, 6) is 1.77. The Kier molecular flexibility index (Phi) is 8.22. The van der Waals surface area contributed by atoms with Gasteiger partial charge in [0, 0.05) is 39.4 Å². The lowest BCUT2D eigenvalue weighted by Gasteiger charge is -2.12. The van der Waals surface area contributed by atoms with Gasteiger partial charge in [-0.2, -0.15) is 18.2 Å². The zero-order valence-corrected chi connectivity index (χ0v) is 21.1. The zero-order valence-electron chi connectivity index (χ0n) is 20.3. The number of thioether (sulfide) groups is 1. The van der Waals surface area contributed by atoms with Crippen LogP contribution in [0.25, 0.3) is 0 Å². The number of hydrogen-bond acceptors (Lipinski definition) is 7. The molecule has 4 rings (SSSR count). The number of rotatable bonds is 8. The van der Waals surface area contributed by atoms with Crippen molar-refractivity contribution in [1.29, 1.82) is 0 Å². The van der Waals surface area contributed by atoms with E-state index in [1.54, 1.807) is 31.4 Å². The van der Waals surface area contributed by atoms with Crippen LogP contribution >= 0.6 is 11.8 Å². The molecule has 0 spiro atoms. The summed E-state index contributed by atoms with van der Waals surface area (Å²) in [7, 11) is 1.61. The van der Waals surface area contributed by atoms with Gasteiger partial charge in [0.15, 0.2) is 0 Å². The number of anilines is 6. The number of benzene rings is 3. The minimum Gasteiger partial charge on any atom is -0.497 e. The number of urea groups is 1. The van der Waals surface area contributed by atoms with E-state index in [0.29, 0.717) is 28.8 Å². The van der Waals surface area contributed by atoms with E-state index in [1.165, 1.54) is 24.3 Å². The fourth-order valence-electron chi connectivity index (χ4n) is 3.31. The van der Waals surface area contributed by atoms with Crippen LogP contribution in [-0.4, -0.2) is 28.6 Å². The highest BCUT2D eigenvalue weighted by Crippen LogP contribution is 2.37. The molecule has 0 bridgehead atoms. The van der Waals surface area contributed by atoms with Crippen molar-refractivity contribution in [2.75, 3.05) is 28.4 Å². The minimum atomic E-state index is -4.37. The molecule has 8 nitrogen and oxygen atoms in total. The van der Waals surface area contributed by atoms with Gasteiger partial charge in [-0.3, -0.25) is 0 Å². The van der Waals surface area contributed by atoms with Crippen LogP contribution in [0.3, 0.4) is 0 Å². The van der Waals surface area contributed by atoms with E-state index in [9.17, 15) is 18.0 Å². The summed E-state index contributed by atoms with van der Waals surface area (Å²) in [6, 6.07) is 21.0. The average molecular weight is 541 g/mol. The lowest BCUT2D eigenvalue weighted by Crippen LogP contribution is -2.19. The molecule has 12 heteroatoms. The van der Waals surface area contributed by atoms with Crippen molar-refractivity contribution in [3.05, 3.63) is 84.6 Å². The summed E-state index contributed by atoms with van der Waals surface area (Å²) in [4.78, 5) is 21.2. The van der Waals surface area contributed by atoms with Crippen LogP contribution in [0.1, 0.15) is 5.69 Å². The predicted octanol–water partition coefficient (Wildman–Crippen LogP) is 7.54. The highest BCUT2D eigenvalue weighted by Gasteiger charge is 2.29. The van der Waals surface area contributed by atoms with Crippen LogP contribution in [0.5, 0.6) is 5.75 Å². The van der Waals surface area contributed by atoms with E-state index >= 15 is 0 Å². The van der Waals surface area contributed by atoms with Gasteiger partial charge in [0.05, 0.1) is 7.11 Å². The molecule has 38 heavy (non-hydrogen) atoms. The summed E-state index contributed by atoms with van der Waals surface area (Å²) in [6.07, 6.45) is 0. The second-order valence-corrected chi connectivity index (χ2v) is 9.06. The Labute approximate surface area is 221 Å². The molecular formula is C26H23F3N6O2S. The first-order chi connectivity index (χ1) is 18.1. The number of amides is 2. The number of hydrogen-bond donors (Lipinski definition) is 4. The summed E-state index contributed by atoms with van der Waals surface area (Å²) in [5, 5.41) is 11.6. The average Bonchev–Trinajstić information content (AvgIpc) is 2.86. The lowest BCUT2D eigenvalue weighted by molar-refractivity contribution is -0.0328. The lowest BCUT2D eigenvalue weighted by atomic mass is 10.3. The number of nitrogens with zero attached hydrogens (tertiary/aromatic N) is 2. The number of nitrogens with one attached hydrogen (secondary N) is 4. The summed E-state index contributed by atoms with van der Waals surface area (Å²) < 4.78 is 42.5. The number of aryl methyl sites for hydroxylation is 1. The largest absolute Gasteiger partial charge is 0.497 e. The molecule has 0 aliphatic heterocycles. The number of ether oxygens (including phenoxy) is 1. The fourth-order valence-corrected chi connectivity index (χ4v) is 3.85.